The van der Waals surface area contributed by atoms with Gasteiger partial charge in [0.15, 0.2) is 0 Å². The summed E-state index contributed by atoms with van der Waals surface area (Å²) in [5.74, 6) is -0.377. The summed E-state index contributed by atoms with van der Waals surface area (Å²) in [4.78, 5) is 11.3. The monoisotopic (exact) mass is 276 g/mol. The van der Waals surface area contributed by atoms with Gasteiger partial charge in [0, 0.05) is 16.6 Å². The predicted octanol–water partition coefficient (Wildman–Crippen LogP) is 0.972. The summed E-state index contributed by atoms with van der Waals surface area (Å²) >= 11 is 11.7. The molecule has 0 spiro atoms. The quantitative estimate of drug-likeness (QED) is 0.750. The molecule has 0 aliphatic carbocycles. The number of nitrogens with one attached hydrogen (secondary N) is 1. The molecule has 1 unspecified atom stereocenters. The predicted molar refractivity (Wildman–Crippen MR) is 68.2 cm³/mol. The normalized spacial score (nSPS) is 12.2. The Hall–Kier alpha value is -0.810. The van der Waals surface area contributed by atoms with Crippen LogP contribution in [0.5, 0.6) is 0 Å². The second kappa shape index (κ2) is 6.81. The van der Waals surface area contributed by atoms with Gasteiger partial charge < -0.3 is 16.2 Å². The van der Waals surface area contributed by atoms with E-state index >= 15 is 0 Å². The zero-order chi connectivity index (χ0) is 12.8. The molecule has 0 heterocycles. The third kappa shape index (κ3) is 4.52. The molecule has 4 N–H and O–H groups in total. The van der Waals surface area contributed by atoms with Crippen LogP contribution in [-0.2, 0) is 11.2 Å². The molecule has 94 valence electrons. The van der Waals surface area contributed by atoms with Gasteiger partial charge in [-0.3, -0.25) is 4.79 Å². The van der Waals surface area contributed by atoms with E-state index < -0.39 is 6.04 Å². The van der Waals surface area contributed by atoms with Crippen LogP contribution in [0.4, 0.5) is 0 Å². The highest BCUT2D eigenvalue weighted by molar-refractivity contribution is 6.35. The molecule has 0 saturated heterocycles. The summed E-state index contributed by atoms with van der Waals surface area (Å²) in [6.45, 7) is 0.0431. The molecule has 0 aromatic heterocycles. The van der Waals surface area contributed by atoms with Crippen LogP contribution in [0, 0.1) is 0 Å². The Kier molecular flexibility index (Phi) is 5.71. The summed E-state index contributed by atoms with van der Waals surface area (Å²) in [7, 11) is 0. The fourth-order valence-corrected chi connectivity index (χ4v) is 1.76. The summed E-state index contributed by atoms with van der Waals surface area (Å²) in [5.41, 5.74) is 6.24. The first-order valence-electron chi connectivity index (χ1n) is 5.12. The average Bonchev–Trinajstić information content (AvgIpc) is 2.30. The Bertz CT molecular complexity index is 399. The molecule has 1 rings (SSSR count). The number of amides is 1. The van der Waals surface area contributed by atoms with Gasteiger partial charge in [-0.2, -0.15) is 0 Å². The molecule has 1 atom stereocenters. The molecule has 4 nitrogen and oxygen atoms in total. The van der Waals surface area contributed by atoms with Gasteiger partial charge in [0.25, 0.3) is 0 Å². The first-order chi connectivity index (χ1) is 8.04. The van der Waals surface area contributed by atoms with Crippen molar-refractivity contribution >= 4 is 29.1 Å². The van der Waals surface area contributed by atoms with Crippen LogP contribution in [0.1, 0.15) is 5.56 Å². The van der Waals surface area contributed by atoms with Crippen LogP contribution in [0.2, 0.25) is 10.0 Å². The molecule has 1 aromatic carbocycles. The zero-order valence-electron chi connectivity index (χ0n) is 9.12. The smallest absolute Gasteiger partial charge is 0.239 e. The van der Waals surface area contributed by atoms with Crippen LogP contribution in [0.3, 0.4) is 0 Å². The molecule has 6 heteroatoms. The lowest BCUT2D eigenvalue weighted by Crippen LogP contribution is -2.43. The van der Waals surface area contributed by atoms with E-state index in [4.69, 9.17) is 34.0 Å². The Morgan fingerprint density at radius 2 is 2.18 bits per heavy atom. The molecule has 0 fully saturated rings. The summed E-state index contributed by atoms with van der Waals surface area (Å²) in [5, 5.41) is 12.4. The van der Waals surface area contributed by atoms with E-state index in [0.717, 1.165) is 5.56 Å². The third-order valence-electron chi connectivity index (χ3n) is 2.24. The standard InChI is InChI=1S/C11H14Cl2N2O2/c12-8-2-1-7(9(13)5-8)3-4-15-11(17)10(14)6-16/h1-2,5,10,16H,3-4,6,14H2,(H,15,17). The summed E-state index contributed by atoms with van der Waals surface area (Å²) in [6, 6.07) is 4.32. The van der Waals surface area contributed by atoms with Crippen LogP contribution in [-0.4, -0.2) is 30.2 Å². The summed E-state index contributed by atoms with van der Waals surface area (Å²) in [6.07, 6.45) is 0.583. The second-order valence-electron chi connectivity index (χ2n) is 3.57. The maximum atomic E-state index is 11.3. The molecule has 0 saturated carbocycles. The SMILES string of the molecule is NC(CO)C(=O)NCCc1ccc(Cl)cc1Cl. The van der Waals surface area contributed by atoms with E-state index in [1.54, 1.807) is 12.1 Å². The van der Waals surface area contributed by atoms with Crippen molar-refractivity contribution in [3.8, 4) is 0 Å². The van der Waals surface area contributed by atoms with Gasteiger partial charge in [0.05, 0.1) is 6.61 Å². The minimum atomic E-state index is -0.879. The van der Waals surface area contributed by atoms with Gasteiger partial charge in [-0.1, -0.05) is 29.3 Å². The molecule has 0 aliphatic rings. The van der Waals surface area contributed by atoms with Crippen molar-refractivity contribution < 1.29 is 9.90 Å². The second-order valence-corrected chi connectivity index (χ2v) is 4.41. The minimum Gasteiger partial charge on any atom is -0.394 e. The Morgan fingerprint density at radius 3 is 2.76 bits per heavy atom. The Labute approximate surface area is 110 Å². The van der Waals surface area contributed by atoms with Crippen molar-refractivity contribution in [1.29, 1.82) is 0 Å². The lowest BCUT2D eigenvalue weighted by atomic mass is 10.1. The molecule has 17 heavy (non-hydrogen) atoms. The van der Waals surface area contributed by atoms with Gasteiger partial charge in [0.2, 0.25) is 5.91 Å². The summed E-state index contributed by atoms with van der Waals surface area (Å²) < 4.78 is 0. The van der Waals surface area contributed by atoms with E-state index in [0.29, 0.717) is 23.0 Å². The van der Waals surface area contributed by atoms with E-state index in [-0.39, 0.29) is 12.5 Å². The Morgan fingerprint density at radius 1 is 1.47 bits per heavy atom. The van der Waals surface area contributed by atoms with Crippen molar-refractivity contribution in [2.75, 3.05) is 13.2 Å². The van der Waals surface area contributed by atoms with Crippen molar-refractivity contribution in [3.05, 3.63) is 33.8 Å². The fraction of sp³-hybridized carbons (Fsp3) is 0.364. The highest BCUT2D eigenvalue weighted by atomic mass is 35.5. The molecule has 0 bridgehead atoms. The van der Waals surface area contributed by atoms with Gasteiger partial charge >= 0.3 is 0 Å². The number of rotatable bonds is 5. The molecule has 1 aromatic rings. The number of hydrogen-bond acceptors (Lipinski definition) is 3. The minimum absolute atomic E-state index is 0.368. The fourth-order valence-electron chi connectivity index (χ4n) is 1.26. The van der Waals surface area contributed by atoms with Gasteiger partial charge in [-0.05, 0) is 24.1 Å². The maximum Gasteiger partial charge on any atom is 0.239 e. The average molecular weight is 277 g/mol. The molecule has 0 aliphatic heterocycles. The van der Waals surface area contributed by atoms with Gasteiger partial charge in [0.1, 0.15) is 6.04 Å². The molecular formula is C11H14Cl2N2O2. The van der Waals surface area contributed by atoms with Crippen molar-refractivity contribution in [3.63, 3.8) is 0 Å². The third-order valence-corrected chi connectivity index (χ3v) is 2.83. The van der Waals surface area contributed by atoms with Gasteiger partial charge in [-0.25, -0.2) is 0 Å². The van der Waals surface area contributed by atoms with E-state index in [1.165, 1.54) is 0 Å². The maximum absolute atomic E-state index is 11.3. The highest BCUT2D eigenvalue weighted by Crippen LogP contribution is 2.20. The largest absolute Gasteiger partial charge is 0.394 e. The number of aliphatic hydroxyl groups excluding tert-OH is 1. The van der Waals surface area contributed by atoms with E-state index in [9.17, 15) is 4.79 Å². The number of benzene rings is 1. The van der Waals surface area contributed by atoms with Crippen LogP contribution >= 0.6 is 23.2 Å². The lowest BCUT2D eigenvalue weighted by Gasteiger charge is -2.10. The van der Waals surface area contributed by atoms with Crippen molar-refractivity contribution in [2.45, 2.75) is 12.5 Å². The van der Waals surface area contributed by atoms with E-state index in [1.807, 2.05) is 6.07 Å². The number of carbonyl (C=O) groups excluding carboxylic acids is 1. The van der Waals surface area contributed by atoms with Crippen molar-refractivity contribution in [1.82, 2.24) is 5.32 Å². The van der Waals surface area contributed by atoms with Crippen molar-refractivity contribution in [2.24, 2.45) is 5.73 Å². The zero-order valence-corrected chi connectivity index (χ0v) is 10.6. The van der Waals surface area contributed by atoms with Gasteiger partial charge in [-0.15, -0.1) is 0 Å². The number of hydrogen-bond donors (Lipinski definition) is 3. The van der Waals surface area contributed by atoms with Crippen LogP contribution in [0.15, 0.2) is 18.2 Å². The molecule has 1 amide bonds. The molecular weight excluding hydrogens is 263 g/mol. The highest BCUT2D eigenvalue weighted by Gasteiger charge is 2.11. The Balaban J connectivity index is 2.43. The van der Waals surface area contributed by atoms with Crippen LogP contribution in [0.25, 0.3) is 0 Å². The number of halogens is 2. The molecule has 0 radical (unpaired) electrons. The topological polar surface area (TPSA) is 75.3 Å². The number of aliphatic hydroxyl groups is 1. The number of carbonyl (C=O) groups is 1. The number of nitrogens with two attached hydrogens (primary N) is 1. The van der Waals surface area contributed by atoms with E-state index in [2.05, 4.69) is 5.32 Å². The first kappa shape index (κ1) is 14.3. The lowest BCUT2D eigenvalue weighted by molar-refractivity contribution is -0.123. The van der Waals surface area contributed by atoms with Crippen LogP contribution < -0.4 is 11.1 Å². The first-order valence-corrected chi connectivity index (χ1v) is 5.88.